The normalized spacial score (nSPS) is 21.6. The lowest BCUT2D eigenvalue weighted by Gasteiger charge is -2.37. The Morgan fingerprint density at radius 1 is 1.13 bits per heavy atom. The second kappa shape index (κ2) is 5.31. The monoisotopic (exact) mass is 212 g/mol. The SMILES string of the molecule is CC(C)(C)NCCC1(CN)CCCCC1. The lowest BCUT2D eigenvalue weighted by Crippen LogP contribution is -2.41. The van der Waals surface area contributed by atoms with E-state index in [1.165, 1.54) is 38.5 Å². The maximum Gasteiger partial charge on any atom is 0.00965 e. The molecule has 0 atom stereocenters. The van der Waals surface area contributed by atoms with Gasteiger partial charge in [0.2, 0.25) is 0 Å². The van der Waals surface area contributed by atoms with Crippen LogP contribution in [0.1, 0.15) is 59.3 Å². The molecule has 0 spiro atoms. The molecule has 15 heavy (non-hydrogen) atoms. The van der Waals surface area contributed by atoms with E-state index in [1.807, 2.05) is 0 Å². The van der Waals surface area contributed by atoms with Gasteiger partial charge < -0.3 is 11.1 Å². The van der Waals surface area contributed by atoms with Gasteiger partial charge in [-0.15, -0.1) is 0 Å². The van der Waals surface area contributed by atoms with Crippen LogP contribution in [0.4, 0.5) is 0 Å². The highest BCUT2D eigenvalue weighted by atomic mass is 14.9. The first-order chi connectivity index (χ1) is 6.97. The Balaban J connectivity index is 2.33. The fraction of sp³-hybridized carbons (Fsp3) is 1.00. The molecule has 0 saturated heterocycles. The molecule has 2 nitrogen and oxygen atoms in total. The molecule has 0 unspecified atom stereocenters. The van der Waals surface area contributed by atoms with Crippen molar-refractivity contribution in [2.24, 2.45) is 11.1 Å². The molecule has 1 saturated carbocycles. The van der Waals surface area contributed by atoms with E-state index < -0.39 is 0 Å². The molecule has 1 rings (SSSR count). The molecule has 0 aromatic rings. The number of hydrogen-bond donors (Lipinski definition) is 2. The Bertz CT molecular complexity index is 175. The van der Waals surface area contributed by atoms with Gasteiger partial charge in [0.05, 0.1) is 0 Å². The summed E-state index contributed by atoms with van der Waals surface area (Å²) in [5, 5.41) is 3.57. The van der Waals surface area contributed by atoms with Gasteiger partial charge in [0.25, 0.3) is 0 Å². The molecule has 0 heterocycles. The minimum absolute atomic E-state index is 0.241. The van der Waals surface area contributed by atoms with Crippen molar-refractivity contribution in [1.82, 2.24) is 5.32 Å². The van der Waals surface area contributed by atoms with Crippen molar-refractivity contribution < 1.29 is 0 Å². The second-order valence-electron chi connectivity index (χ2n) is 6.19. The molecule has 0 radical (unpaired) electrons. The smallest absolute Gasteiger partial charge is 0.00965 e. The molecule has 3 N–H and O–H groups in total. The molecule has 0 aliphatic heterocycles. The van der Waals surface area contributed by atoms with Crippen molar-refractivity contribution in [2.75, 3.05) is 13.1 Å². The predicted octanol–water partition coefficient (Wildman–Crippen LogP) is 2.67. The quantitative estimate of drug-likeness (QED) is 0.752. The Kier molecular flexibility index (Phi) is 4.60. The third kappa shape index (κ3) is 4.52. The maximum atomic E-state index is 5.96. The lowest BCUT2D eigenvalue weighted by atomic mass is 9.72. The van der Waals surface area contributed by atoms with Crippen LogP contribution in [0.3, 0.4) is 0 Å². The van der Waals surface area contributed by atoms with E-state index in [2.05, 4.69) is 26.1 Å². The molecule has 1 fully saturated rings. The van der Waals surface area contributed by atoms with Crippen LogP contribution < -0.4 is 11.1 Å². The molecule has 1 aliphatic carbocycles. The topological polar surface area (TPSA) is 38.0 Å². The van der Waals surface area contributed by atoms with Crippen LogP contribution >= 0.6 is 0 Å². The van der Waals surface area contributed by atoms with Gasteiger partial charge in [0.15, 0.2) is 0 Å². The van der Waals surface area contributed by atoms with E-state index in [9.17, 15) is 0 Å². The van der Waals surface area contributed by atoms with Crippen molar-refractivity contribution in [3.8, 4) is 0 Å². The van der Waals surface area contributed by atoms with E-state index >= 15 is 0 Å². The van der Waals surface area contributed by atoms with Gasteiger partial charge >= 0.3 is 0 Å². The van der Waals surface area contributed by atoms with Crippen molar-refractivity contribution in [2.45, 2.75) is 64.8 Å². The Hall–Kier alpha value is -0.0800. The molecule has 0 aromatic carbocycles. The first-order valence-electron chi connectivity index (χ1n) is 6.43. The van der Waals surface area contributed by atoms with Crippen LogP contribution in [-0.2, 0) is 0 Å². The van der Waals surface area contributed by atoms with Crippen LogP contribution in [0.25, 0.3) is 0 Å². The summed E-state index contributed by atoms with van der Waals surface area (Å²) in [6, 6.07) is 0. The molecule has 0 amide bonds. The van der Waals surface area contributed by atoms with Gasteiger partial charge in [0.1, 0.15) is 0 Å². The van der Waals surface area contributed by atoms with Crippen LogP contribution in [-0.4, -0.2) is 18.6 Å². The third-order valence-electron chi connectivity index (χ3n) is 3.66. The number of nitrogens with two attached hydrogens (primary N) is 1. The summed E-state index contributed by atoms with van der Waals surface area (Å²) in [5.41, 5.74) is 6.66. The molecule has 2 heteroatoms. The zero-order valence-electron chi connectivity index (χ0n) is 10.7. The Morgan fingerprint density at radius 3 is 2.20 bits per heavy atom. The van der Waals surface area contributed by atoms with E-state index in [4.69, 9.17) is 5.73 Å². The zero-order chi connectivity index (χ0) is 11.4. The summed E-state index contributed by atoms with van der Waals surface area (Å²) in [6.07, 6.45) is 8.11. The molecule has 0 aromatic heterocycles. The first kappa shape index (κ1) is 13.0. The maximum absolute atomic E-state index is 5.96. The van der Waals surface area contributed by atoms with Gasteiger partial charge in [0, 0.05) is 5.54 Å². The van der Waals surface area contributed by atoms with Gasteiger partial charge in [-0.3, -0.25) is 0 Å². The van der Waals surface area contributed by atoms with Gasteiger partial charge in [-0.2, -0.15) is 0 Å². The summed E-state index contributed by atoms with van der Waals surface area (Å²) in [4.78, 5) is 0. The van der Waals surface area contributed by atoms with Crippen LogP contribution in [0.15, 0.2) is 0 Å². The lowest BCUT2D eigenvalue weighted by molar-refractivity contribution is 0.176. The first-order valence-corrected chi connectivity index (χ1v) is 6.43. The van der Waals surface area contributed by atoms with E-state index in [0.717, 1.165) is 13.1 Å². The van der Waals surface area contributed by atoms with E-state index in [1.54, 1.807) is 0 Å². The highest BCUT2D eigenvalue weighted by Gasteiger charge is 2.30. The predicted molar refractivity (Wildman–Crippen MR) is 66.9 cm³/mol. The summed E-state index contributed by atoms with van der Waals surface area (Å²) >= 11 is 0. The molecular formula is C13H28N2. The molecule has 90 valence electrons. The number of hydrogen-bond acceptors (Lipinski definition) is 2. The highest BCUT2D eigenvalue weighted by Crippen LogP contribution is 2.38. The van der Waals surface area contributed by atoms with Crippen LogP contribution in [0.2, 0.25) is 0 Å². The van der Waals surface area contributed by atoms with Crippen LogP contribution in [0, 0.1) is 5.41 Å². The summed E-state index contributed by atoms with van der Waals surface area (Å²) < 4.78 is 0. The van der Waals surface area contributed by atoms with Crippen molar-refractivity contribution >= 4 is 0 Å². The van der Waals surface area contributed by atoms with Crippen molar-refractivity contribution in [3.05, 3.63) is 0 Å². The molecule has 1 aliphatic rings. The van der Waals surface area contributed by atoms with E-state index in [0.29, 0.717) is 5.41 Å². The number of rotatable bonds is 4. The zero-order valence-corrected chi connectivity index (χ0v) is 10.7. The van der Waals surface area contributed by atoms with Crippen molar-refractivity contribution in [1.29, 1.82) is 0 Å². The van der Waals surface area contributed by atoms with Crippen LogP contribution in [0.5, 0.6) is 0 Å². The summed E-state index contributed by atoms with van der Waals surface area (Å²) in [6.45, 7) is 8.66. The highest BCUT2D eigenvalue weighted by molar-refractivity contribution is 4.85. The van der Waals surface area contributed by atoms with Gasteiger partial charge in [-0.05, 0) is 58.5 Å². The van der Waals surface area contributed by atoms with Crippen molar-refractivity contribution in [3.63, 3.8) is 0 Å². The fourth-order valence-corrected chi connectivity index (χ4v) is 2.56. The summed E-state index contributed by atoms with van der Waals surface area (Å²) in [7, 11) is 0. The third-order valence-corrected chi connectivity index (χ3v) is 3.66. The summed E-state index contributed by atoms with van der Waals surface area (Å²) in [5.74, 6) is 0. The van der Waals surface area contributed by atoms with Gasteiger partial charge in [-0.25, -0.2) is 0 Å². The minimum atomic E-state index is 0.241. The fourth-order valence-electron chi connectivity index (χ4n) is 2.56. The molecule has 0 bridgehead atoms. The average Bonchev–Trinajstić information content (AvgIpc) is 2.17. The van der Waals surface area contributed by atoms with E-state index in [-0.39, 0.29) is 5.54 Å². The largest absolute Gasteiger partial charge is 0.330 e. The Morgan fingerprint density at radius 2 is 1.73 bits per heavy atom. The second-order valence-corrected chi connectivity index (χ2v) is 6.19. The average molecular weight is 212 g/mol. The number of nitrogens with one attached hydrogen (secondary N) is 1. The van der Waals surface area contributed by atoms with Gasteiger partial charge in [-0.1, -0.05) is 19.3 Å². The standard InChI is InChI=1S/C13H28N2/c1-12(2,3)15-10-9-13(11-14)7-5-4-6-8-13/h15H,4-11,14H2,1-3H3. The minimum Gasteiger partial charge on any atom is -0.330 e. The Labute approximate surface area is 95.0 Å². The molecular weight excluding hydrogens is 184 g/mol.